The molecule has 2 aromatic rings. The quantitative estimate of drug-likeness (QED) is 0.780. The number of allylic oxidation sites excluding steroid dienone is 1. The van der Waals surface area contributed by atoms with Crippen LogP contribution < -0.4 is 4.74 Å². The largest absolute Gasteiger partial charge is 0.465 e. The molecule has 0 unspecified atom stereocenters. The van der Waals surface area contributed by atoms with Crippen LogP contribution in [0.4, 0.5) is 0 Å². The number of carbonyl (C=O) groups is 1. The van der Waals surface area contributed by atoms with Crippen molar-refractivity contribution < 1.29 is 14.3 Å². The Morgan fingerprint density at radius 3 is 2.42 bits per heavy atom. The van der Waals surface area contributed by atoms with Gasteiger partial charge in [0.15, 0.2) is 6.61 Å². The Hall–Kier alpha value is -2.56. The molecule has 1 heterocycles. The number of ether oxygens (including phenoxy) is 2. The highest BCUT2D eigenvalue weighted by Crippen LogP contribution is 2.31. The van der Waals surface area contributed by atoms with E-state index in [9.17, 15) is 4.79 Å². The van der Waals surface area contributed by atoms with E-state index in [0.29, 0.717) is 5.88 Å². The molecule has 0 saturated heterocycles. The van der Waals surface area contributed by atoms with E-state index in [1.807, 2.05) is 65.0 Å². The highest BCUT2D eigenvalue weighted by molar-refractivity contribution is 5.73. The minimum Gasteiger partial charge on any atom is -0.465 e. The van der Waals surface area contributed by atoms with Crippen LogP contribution in [0.5, 0.6) is 5.88 Å². The first kappa shape index (κ1) is 17.8. The van der Waals surface area contributed by atoms with Crippen molar-refractivity contribution in [2.75, 3.05) is 6.61 Å². The molecule has 5 nitrogen and oxygen atoms in total. The van der Waals surface area contributed by atoms with Gasteiger partial charge in [-0.15, -0.1) is 0 Å². The second-order valence-electron chi connectivity index (χ2n) is 6.67. The molecule has 128 valence electrons. The number of hydrogen-bond donors (Lipinski definition) is 0. The summed E-state index contributed by atoms with van der Waals surface area (Å²) in [5, 5.41) is 4.53. The molecule has 1 aromatic carbocycles. The zero-order valence-corrected chi connectivity index (χ0v) is 14.9. The molecule has 0 radical (unpaired) electrons. The van der Waals surface area contributed by atoms with Gasteiger partial charge in [0.1, 0.15) is 5.60 Å². The van der Waals surface area contributed by atoms with Gasteiger partial charge < -0.3 is 9.47 Å². The van der Waals surface area contributed by atoms with E-state index in [2.05, 4.69) is 11.7 Å². The summed E-state index contributed by atoms with van der Waals surface area (Å²) in [6.45, 7) is 13.1. The van der Waals surface area contributed by atoms with E-state index in [1.54, 1.807) is 4.68 Å². The maximum atomic E-state index is 12.0. The van der Waals surface area contributed by atoms with Crippen LogP contribution in [0.1, 0.15) is 39.0 Å². The molecule has 0 amide bonds. The minimum atomic E-state index is -0.548. The Bertz CT molecular complexity index is 740. The lowest BCUT2D eigenvalue weighted by Gasteiger charge is -2.19. The first-order valence-electron chi connectivity index (χ1n) is 7.84. The Kier molecular flexibility index (Phi) is 5.12. The van der Waals surface area contributed by atoms with E-state index >= 15 is 0 Å². The number of aryl methyl sites for hydroxylation is 1. The molecule has 0 fully saturated rings. The number of aromatic nitrogens is 2. The van der Waals surface area contributed by atoms with Crippen molar-refractivity contribution in [2.45, 2.75) is 40.2 Å². The minimum absolute atomic E-state index is 0.185. The molecular weight excluding hydrogens is 304 g/mol. The fraction of sp³-hybridized carbons (Fsp3) is 0.368. The van der Waals surface area contributed by atoms with Gasteiger partial charge in [0, 0.05) is 0 Å². The van der Waals surface area contributed by atoms with Crippen molar-refractivity contribution in [3.05, 3.63) is 48.2 Å². The maximum absolute atomic E-state index is 12.0. The van der Waals surface area contributed by atoms with Crippen molar-refractivity contribution in [1.29, 1.82) is 0 Å². The third kappa shape index (κ3) is 4.25. The number of esters is 1. The van der Waals surface area contributed by atoms with Crippen LogP contribution in [0.25, 0.3) is 11.3 Å². The van der Waals surface area contributed by atoms with Crippen molar-refractivity contribution in [3.8, 4) is 11.6 Å². The predicted octanol–water partition coefficient (Wildman–Crippen LogP) is 3.93. The molecule has 0 N–H and O–H groups in total. The average molecular weight is 328 g/mol. The van der Waals surface area contributed by atoms with Gasteiger partial charge in [-0.2, -0.15) is 5.10 Å². The van der Waals surface area contributed by atoms with E-state index in [1.165, 1.54) is 0 Å². The summed E-state index contributed by atoms with van der Waals surface area (Å²) in [5.74, 6) is 0.0747. The summed E-state index contributed by atoms with van der Waals surface area (Å²) >= 11 is 0. The Balaban J connectivity index is 2.33. The summed E-state index contributed by atoms with van der Waals surface area (Å²) in [7, 11) is 0. The van der Waals surface area contributed by atoms with Crippen molar-refractivity contribution in [3.63, 3.8) is 0 Å². The summed E-state index contributed by atoms with van der Waals surface area (Å²) in [4.78, 5) is 12.0. The second-order valence-corrected chi connectivity index (χ2v) is 6.67. The zero-order valence-electron chi connectivity index (χ0n) is 14.9. The van der Waals surface area contributed by atoms with Crippen LogP contribution in [0.3, 0.4) is 0 Å². The zero-order chi connectivity index (χ0) is 17.9. The van der Waals surface area contributed by atoms with Crippen LogP contribution in [-0.2, 0) is 9.53 Å². The molecule has 1 aromatic heterocycles. The Labute approximate surface area is 142 Å². The molecule has 0 aliphatic heterocycles. The van der Waals surface area contributed by atoms with E-state index in [0.717, 1.165) is 22.5 Å². The molecule has 24 heavy (non-hydrogen) atoms. The van der Waals surface area contributed by atoms with Crippen LogP contribution >= 0.6 is 0 Å². The monoisotopic (exact) mass is 328 g/mol. The molecule has 0 atom stereocenters. The van der Waals surface area contributed by atoms with Crippen LogP contribution in [-0.4, -0.2) is 28.0 Å². The number of hydrogen-bond acceptors (Lipinski definition) is 4. The lowest BCUT2D eigenvalue weighted by molar-refractivity contribution is -0.157. The molecule has 0 aliphatic carbocycles. The Morgan fingerprint density at radius 1 is 1.25 bits per heavy atom. The van der Waals surface area contributed by atoms with Gasteiger partial charge in [-0.25, -0.2) is 9.48 Å². The van der Waals surface area contributed by atoms with Gasteiger partial charge in [-0.1, -0.05) is 24.8 Å². The highest BCUT2D eigenvalue weighted by atomic mass is 16.6. The SMILES string of the molecule is C=C(C)c1c(C)nn(-c2ccccc2)c1OCC(=O)OC(C)(C)C. The molecule has 0 bridgehead atoms. The summed E-state index contributed by atoms with van der Waals surface area (Å²) < 4.78 is 12.8. The molecule has 2 rings (SSSR count). The lowest BCUT2D eigenvalue weighted by Crippen LogP contribution is -2.27. The maximum Gasteiger partial charge on any atom is 0.344 e. The molecule has 0 aliphatic rings. The van der Waals surface area contributed by atoms with Crippen molar-refractivity contribution >= 4 is 11.5 Å². The number of para-hydroxylation sites is 1. The third-order valence-corrected chi connectivity index (χ3v) is 3.19. The van der Waals surface area contributed by atoms with Gasteiger partial charge in [-0.3, -0.25) is 0 Å². The topological polar surface area (TPSA) is 53.4 Å². The fourth-order valence-electron chi connectivity index (χ4n) is 2.37. The standard InChI is InChI=1S/C19H24N2O3/c1-13(2)17-14(3)20-21(15-10-8-7-9-11-15)18(17)23-12-16(22)24-19(4,5)6/h7-11H,1,12H2,2-6H3. The van der Waals surface area contributed by atoms with Crippen LogP contribution in [0.2, 0.25) is 0 Å². The summed E-state index contributed by atoms with van der Waals surface area (Å²) in [5.41, 5.74) is 2.74. The summed E-state index contributed by atoms with van der Waals surface area (Å²) in [6.07, 6.45) is 0. The molecular formula is C19H24N2O3. The third-order valence-electron chi connectivity index (χ3n) is 3.19. The van der Waals surface area contributed by atoms with Gasteiger partial charge in [0.2, 0.25) is 5.88 Å². The molecule has 5 heteroatoms. The van der Waals surface area contributed by atoms with Crippen LogP contribution in [0.15, 0.2) is 36.9 Å². The fourth-order valence-corrected chi connectivity index (χ4v) is 2.37. The second kappa shape index (κ2) is 6.91. The molecule has 0 saturated carbocycles. The smallest absolute Gasteiger partial charge is 0.344 e. The van der Waals surface area contributed by atoms with E-state index < -0.39 is 11.6 Å². The Morgan fingerprint density at radius 2 is 1.88 bits per heavy atom. The number of benzene rings is 1. The normalized spacial score (nSPS) is 11.2. The van der Waals surface area contributed by atoms with E-state index in [4.69, 9.17) is 9.47 Å². The van der Waals surface area contributed by atoms with Gasteiger partial charge in [-0.05, 0) is 52.3 Å². The first-order chi connectivity index (χ1) is 11.2. The summed E-state index contributed by atoms with van der Waals surface area (Å²) in [6, 6.07) is 9.62. The molecule has 0 spiro atoms. The van der Waals surface area contributed by atoms with Gasteiger partial charge >= 0.3 is 5.97 Å². The van der Waals surface area contributed by atoms with E-state index in [-0.39, 0.29) is 6.61 Å². The number of nitrogens with zero attached hydrogens (tertiary/aromatic N) is 2. The lowest BCUT2D eigenvalue weighted by atomic mass is 10.1. The van der Waals surface area contributed by atoms with Crippen LogP contribution in [0, 0.1) is 6.92 Å². The average Bonchev–Trinajstić information content (AvgIpc) is 2.81. The van der Waals surface area contributed by atoms with Gasteiger partial charge in [0.05, 0.1) is 16.9 Å². The van der Waals surface area contributed by atoms with Crippen molar-refractivity contribution in [1.82, 2.24) is 9.78 Å². The predicted molar refractivity (Wildman–Crippen MR) is 94.3 cm³/mol. The highest BCUT2D eigenvalue weighted by Gasteiger charge is 2.21. The van der Waals surface area contributed by atoms with Gasteiger partial charge in [0.25, 0.3) is 0 Å². The first-order valence-corrected chi connectivity index (χ1v) is 7.84. The number of carbonyl (C=O) groups excluding carboxylic acids is 1. The van der Waals surface area contributed by atoms with Crippen molar-refractivity contribution in [2.24, 2.45) is 0 Å². The number of rotatable bonds is 5.